The first kappa shape index (κ1) is 21.7. The molecule has 2 saturated heterocycles. The van der Waals surface area contributed by atoms with Crippen molar-refractivity contribution in [3.8, 4) is 0 Å². The van der Waals surface area contributed by atoms with Crippen LogP contribution in [0, 0.1) is 10.8 Å². The van der Waals surface area contributed by atoms with E-state index in [4.69, 9.17) is 14.2 Å². The largest absolute Gasteiger partial charge is 0.458 e. The molecule has 0 aromatic rings. The Morgan fingerprint density at radius 2 is 2.13 bits per heavy atom. The van der Waals surface area contributed by atoms with Gasteiger partial charge >= 0.3 is 5.97 Å². The van der Waals surface area contributed by atoms with Crippen LogP contribution in [0.5, 0.6) is 0 Å². The number of rotatable bonds is 6. The summed E-state index contributed by atoms with van der Waals surface area (Å²) in [5.74, 6) is -0.493. The Hall–Kier alpha value is -1.51. The van der Waals surface area contributed by atoms with E-state index >= 15 is 0 Å². The summed E-state index contributed by atoms with van der Waals surface area (Å²) in [6.07, 6.45) is 7.27. The van der Waals surface area contributed by atoms with Gasteiger partial charge in [-0.2, -0.15) is 0 Å². The number of carbonyl (C=O) groups is 1. The zero-order chi connectivity index (χ0) is 21.7. The summed E-state index contributed by atoms with van der Waals surface area (Å²) >= 11 is 0. The van der Waals surface area contributed by atoms with Crippen LogP contribution in [0.15, 0.2) is 36.0 Å². The molecule has 30 heavy (non-hydrogen) atoms. The Kier molecular flexibility index (Phi) is 5.48. The van der Waals surface area contributed by atoms with E-state index in [1.807, 2.05) is 0 Å². The van der Waals surface area contributed by atoms with Crippen LogP contribution >= 0.6 is 0 Å². The summed E-state index contributed by atoms with van der Waals surface area (Å²) in [6, 6.07) is 0. The number of allylic oxidation sites excluding steroid dienone is 3. The highest BCUT2D eigenvalue weighted by atomic mass is 16.6. The second kappa shape index (κ2) is 7.57. The van der Waals surface area contributed by atoms with E-state index in [0.717, 1.165) is 12.8 Å². The van der Waals surface area contributed by atoms with Gasteiger partial charge in [-0.05, 0) is 26.7 Å². The van der Waals surface area contributed by atoms with Crippen LogP contribution in [-0.2, 0) is 19.0 Å². The zero-order valence-corrected chi connectivity index (χ0v) is 17.8. The highest BCUT2D eigenvalue weighted by molar-refractivity contribution is 5.82. The molecule has 166 valence electrons. The lowest BCUT2D eigenvalue weighted by atomic mass is 9.51. The second-order valence-electron chi connectivity index (χ2n) is 9.39. The molecule has 2 aliphatic heterocycles. The van der Waals surface area contributed by atoms with Crippen molar-refractivity contribution in [2.75, 3.05) is 13.2 Å². The van der Waals surface area contributed by atoms with Crippen LogP contribution in [-0.4, -0.2) is 70.6 Å². The Balaban J connectivity index is 1.55. The average molecular weight is 421 g/mol. The fraction of sp³-hybridized carbons (Fsp3) is 0.696. The summed E-state index contributed by atoms with van der Waals surface area (Å²) in [5.41, 5.74) is -0.378. The molecule has 2 heterocycles. The van der Waals surface area contributed by atoms with E-state index in [2.05, 4.69) is 19.9 Å². The molecule has 2 bridgehead atoms. The number of esters is 1. The highest BCUT2D eigenvalue weighted by Crippen LogP contribution is 2.71. The van der Waals surface area contributed by atoms with E-state index in [1.165, 1.54) is 36.8 Å². The lowest BCUT2D eigenvalue weighted by Crippen LogP contribution is -2.66. The van der Waals surface area contributed by atoms with Crippen LogP contribution in [0.3, 0.4) is 0 Å². The summed E-state index contributed by atoms with van der Waals surface area (Å²) in [5, 5.41) is 29.4. The zero-order valence-electron chi connectivity index (χ0n) is 17.8. The molecule has 3 N–H and O–H groups in total. The molecule has 3 fully saturated rings. The molecule has 1 saturated carbocycles. The maximum absolute atomic E-state index is 12.5. The smallest absolute Gasteiger partial charge is 0.331 e. The predicted molar refractivity (Wildman–Crippen MR) is 108 cm³/mol. The van der Waals surface area contributed by atoms with Gasteiger partial charge in [0.1, 0.15) is 11.7 Å². The van der Waals surface area contributed by atoms with Crippen LogP contribution in [0.1, 0.15) is 40.0 Å². The van der Waals surface area contributed by atoms with E-state index < -0.39 is 40.7 Å². The van der Waals surface area contributed by atoms with Gasteiger partial charge < -0.3 is 29.5 Å². The van der Waals surface area contributed by atoms with Gasteiger partial charge in [-0.1, -0.05) is 36.8 Å². The standard InChI is InChI=1S/C23H32O7/c1-14-8-9-22(12-24)18(10-14)29-19-11-17(21(22,3)23(19)13-28-23)30-20(27)7-5-4-6-16(26)15(2)25/h4-7,10,15-19,24-26H,8-9,11-13H2,1-3H3/b6-4+,7-5-/t15-,16-,17+,18+,19+,21+,22+,23-/m0/s1. The predicted octanol–water partition coefficient (Wildman–Crippen LogP) is 1.42. The van der Waals surface area contributed by atoms with Gasteiger partial charge in [-0.15, -0.1) is 0 Å². The molecular formula is C23H32O7. The van der Waals surface area contributed by atoms with E-state index in [1.54, 1.807) is 0 Å². The Labute approximate surface area is 177 Å². The van der Waals surface area contributed by atoms with Gasteiger partial charge in [0.05, 0.1) is 37.6 Å². The number of aliphatic hydroxyl groups excluding tert-OH is 3. The van der Waals surface area contributed by atoms with Crippen molar-refractivity contribution < 1.29 is 34.3 Å². The maximum atomic E-state index is 12.5. The van der Waals surface area contributed by atoms with Crippen molar-refractivity contribution in [2.24, 2.45) is 10.8 Å². The number of fused-ring (bicyclic) bond motifs is 2. The molecule has 0 aromatic heterocycles. The lowest BCUT2D eigenvalue weighted by Gasteiger charge is -2.58. The van der Waals surface area contributed by atoms with Gasteiger partial charge in [0.25, 0.3) is 0 Å². The van der Waals surface area contributed by atoms with Crippen molar-refractivity contribution in [3.63, 3.8) is 0 Å². The number of aliphatic hydroxyl groups is 3. The summed E-state index contributed by atoms with van der Waals surface area (Å²) in [6.45, 7) is 6.14. The minimum Gasteiger partial charge on any atom is -0.458 e. The van der Waals surface area contributed by atoms with Gasteiger partial charge in [-0.3, -0.25) is 0 Å². The fourth-order valence-corrected chi connectivity index (χ4v) is 5.82. The third-order valence-electron chi connectivity index (χ3n) is 7.90. The van der Waals surface area contributed by atoms with Crippen LogP contribution < -0.4 is 0 Å². The molecule has 4 rings (SSSR count). The van der Waals surface area contributed by atoms with Gasteiger partial charge in [0.15, 0.2) is 0 Å². The average Bonchev–Trinajstić information content (AvgIpc) is 3.48. The molecule has 4 aliphatic rings. The number of ether oxygens (including phenoxy) is 3. The lowest BCUT2D eigenvalue weighted by molar-refractivity contribution is -0.228. The second-order valence-corrected chi connectivity index (χ2v) is 9.39. The van der Waals surface area contributed by atoms with Crippen molar-refractivity contribution in [1.29, 1.82) is 0 Å². The number of epoxide rings is 1. The molecule has 0 aromatic carbocycles. The Morgan fingerprint density at radius 1 is 1.40 bits per heavy atom. The number of hydrogen-bond acceptors (Lipinski definition) is 7. The normalized spacial score (nSPS) is 44.2. The SMILES string of the molecule is CC1=C[C@H]2O[C@@H]3C[C@@H](OC(=O)/C=C\C=C\[C@H](O)[C@H](C)O)[C@](C)([C@@]2(CO)CC1)[C@]31CO1. The number of hydrogen-bond donors (Lipinski definition) is 3. The third-order valence-corrected chi connectivity index (χ3v) is 7.90. The monoisotopic (exact) mass is 420 g/mol. The molecular weight excluding hydrogens is 388 g/mol. The first-order valence-corrected chi connectivity index (χ1v) is 10.7. The minimum absolute atomic E-state index is 0.0559. The van der Waals surface area contributed by atoms with E-state index in [9.17, 15) is 20.1 Å². The molecule has 1 spiro atoms. The summed E-state index contributed by atoms with van der Waals surface area (Å²) in [7, 11) is 0. The molecule has 7 heteroatoms. The minimum atomic E-state index is -0.994. The van der Waals surface area contributed by atoms with Gasteiger partial charge in [0.2, 0.25) is 0 Å². The highest BCUT2D eigenvalue weighted by Gasteiger charge is 2.82. The molecule has 7 nitrogen and oxygen atoms in total. The topological polar surface area (TPSA) is 109 Å². The molecule has 0 radical (unpaired) electrons. The third kappa shape index (κ3) is 3.02. The van der Waals surface area contributed by atoms with Crippen LogP contribution in [0.4, 0.5) is 0 Å². The molecule has 2 aliphatic carbocycles. The van der Waals surface area contributed by atoms with Gasteiger partial charge in [0, 0.05) is 23.3 Å². The van der Waals surface area contributed by atoms with E-state index in [0.29, 0.717) is 13.0 Å². The quantitative estimate of drug-likeness (QED) is 0.196. The summed E-state index contributed by atoms with van der Waals surface area (Å²) in [4.78, 5) is 12.5. The first-order valence-electron chi connectivity index (χ1n) is 10.7. The fourth-order valence-electron chi connectivity index (χ4n) is 5.82. The van der Waals surface area contributed by atoms with Crippen molar-refractivity contribution in [3.05, 3.63) is 36.0 Å². The Morgan fingerprint density at radius 3 is 2.77 bits per heavy atom. The van der Waals surface area contributed by atoms with Crippen molar-refractivity contribution >= 4 is 5.97 Å². The molecule has 0 unspecified atom stereocenters. The molecule has 0 amide bonds. The Bertz CT molecular complexity index is 780. The van der Waals surface area contributed by atoms with Crippen molar-refractivity contribution in [2.45, 2.75) is 76.2 Å². The molecule has 8 atom stereocenters. The van der Waals surface area contributed by atoms with Gasteiger partial charge in [-0.25, -0.2) is 4.79 Å². The van der Waals surface area contributed by atoms with Crippen molar-refractivity contribution in [1.82, 2.24) is 0 Å². The van der Waals surface area contributed by atoms with Crippen LogP contribution in [0.2, 0.25) is 0 Å². The number of carbonyl (C=O) groups excluding carboxylic acids is 1. The maximum Gasteiger partial charge on any atom is 0.331 e. The van der Waals surface area contributed by atoms with Crippen LogP contribution in [0.25, 0.3) is 0 Å². The van der Waals surface area contributed by atoms with E-state index in [-0.39, 0.29) is 18.8 Å². The first-order chi connectivity index (χ1) is 14.2. The summed E-state index contributed by atoms with van der Waals surface area (Å²) < 4.78 is 18.3.